The highest BCUT2D eigenvalue weighted by atomic mass is 16.4. The molecule has 1 aliphatic heterocycles. The number of aromatic hydroxyl groups is 1. The lowest BCUT2D eigenvalue weighted by Gasteiger charge is -2.23. The number of carboxylic acids is 2. The highest BCUT2D eigenvalue weighted by molar-refractivity contribution is 5.94. The Kier molecular flexibility index (Phi) is 9.16. The largest absolute Gasteiger partial charge is 0.508 e. The summed E-state index contributed by atoms with van der Waals surface area (Å²) in [6.07, 6.45) is 0.703. The van der Waals surface area contributed by atoms with Crippen LogP contribution in [0.4, 0.5) is 0 Å². The summed E-state index contributed by atoms with van der Waals surface area (Å²) in [6, 6.07) is 1.73. The number of benzene rings is 1. The van der Waals surface area contributed by atoms with Crippen LogP contribution in [0.3, 0.4) is 0 Å². The molecule has 0 radical (unpaired) electrons. The molecule has 0 bridgehead atoms. The number of carbonyl (C=O) groups excluding carboxylic acids is 3. The Morgan fingerprint density at radius 3 is 2.21 bits per heavy atom. The molecule has 7 N–H and O–H groups in total. The topological polar surface area (TPSA) is 194 Å². The first-order valence-electron chi connectivity index (χ1n) is 10.4. The van der Waals surface area contributed by atoms with Crippen molar-refractivity contribution in [1.82, 2.24) is 21.3 Å². The molecule has 1 heterocycles. The van der Waals surface area contributed by atoms with Gasteiger partial charge in [-0.05, 0) is 44.0 Å². The molecule has 4 atom stereocenters. The molecule has 1 aromatic rings. The molecular weight excluding hydrogens is 436 g/mol. The molecule has 1 saturated heterocycles. The fourth-order valence-electron chi connectivity index (χ4n) is 3.31. The fraction of sp³-hybridized carbons (Fsp3) is 0.476. The zero-order valence-electron chi connectivity index (χ0n) is 18.0. The van der Waals surface area contributed by atoms with Crippen LogP contribution in [-0.2, 0) is 30.4 Å². The van der Waals surface area contributed by atoms with Crippen LogP contribution in [0.15, 0.2) is 24.3 Å². The maximum Gasteiger partial charge on any atom is 0.326 e. The van der Waals surface area contributed by atoms with Gasteiger partial charge in [-0.15, -0.1) is 0 Å². The third-order valence-electron chi connectivity index (χ3n) is 5.13. The quantitative estimate of drug-likeness (QED) is 0.209. The van der Waals surface area contributed by atoms with Crippen LogP contribution in [0.25, 0.3) is 0 Å². The summed E-state index contributed by atoms with van der Waals surface area (Å²) < 4.78 is 0. The lowest BCUT2D eigenvalue weighted by atomic mass is 10.0. The number of carboxylic acid groups (broad SMARTS) is 2. The second kappa shape index (κ2) is 11.8. The molecule has 4 unspecified atom stereocenters. The van der Waals surface area contributed by atoms with E-state index < -0.39 is 54.3 Å². The number of nitrogens with one attached hydrogen (secondary N) is 4. The van der Waals surface area contributed by atoms with Gasteiger partial charge >= 0.3 is 11.9 Å². The van der Waals surface area contributed by atoms with Crippen molar-refractivity contribution in [3.8, 4) is 5.75 Å². The predicted molar refractivity (Wildman–Crippen MR) is 114 cm³/mol. The summed E-state index contributed by atoms with van der Waals surface area (Å²) in [5.41, 5.74) is 0.650. The molecule has 2 rings (SSSR count). The molecule has 12 heteroatoms. The van der Waals surface area contributed by atoms with E-state index in [0.29, 0.717) is 18.5 Å². The Hall–Kier alpha value is -3.67. The predicted octanol–water partition coefficient (Wildman–Crippen LogP) is -1.28. The van der Waals surface area contributed by atoms with E-state index in [2.05, 4.69) is 21.3 Å². The second-order valence-corrected chi connectivity index (χ2v) is 7.81. The van der Waals surface area contributed by atoms with E-state index in [1.807, 2.05) is 0 Å². The Morgan fingerprint density at radius 1 is 1.00 bits per heavy atom. The number of aliphatic carboxylic acids is 2. The summed E-state index contributed by atoms with van der Waals surface area (Å²) >= 11 is 0. The molecule has 12 nitrogen and oxygen atoms in total. The van der Waals surface area contributed by atoms with Crippen molar-refractivity contribution >= 4 is 29.7 Å². The van der Waals surface area contributed by atoms with E-state index in [1.54, 1.807) is 12.1 Å². The molecule has 180 valence electrons. The maximum absolute atomic E-state index is 12.9. The highest BCUT2D eigenvalue weighted by Crippen LogP contribution is 2.12. The van der Waals surface area contributed by atoms with E-state index in [9.17, 15) is 29.1 Å². The maximum atomic E-state index is 12.9. The van der Waals surface area contributed by atoms with Gasteiger partial charge in [0, 0.05) is 6.42 Å². The Labute approximate surface area is 189 Å². The molecular formula is C21H28N4O8. The third kappa shape index (κ3) is 8.07. The van der Waals surface area contributed by atoms with Crippen molar-refractivity contribution in [2.75, 3.05) is 6.54 Å². The van der Waals surface area contributed by atoms with E-state index in [4.69, 9.17) is 10.2 Å². The lowest BCUT2D eigenvalue weighted by molar-refractivity contribution is -0.147. The van der Waals surface area contributed by atoms with Gasteiger partial charge in [0.05, 0.1) is 12.5 Å². The monoisotopic (exact) mass is 464 g/mol. The second-order valence-electron chi connectivity index (χ2n) is 7.81. The van der Waals surface area contributed by atoms with Gasteiger partial charge in [-0.1, -0.05) is 12.1 Å². The van der Waals surface area contributed by atoms with Gasteiger partial charge in [-0.3, -0.25) is 19.2 Å². The van der Waals surface area contributed by atoms with Gasteiger partial charge in [0.25, 0.3) is 0 Å². The molecule has 33 heavy (non-hydrogen) atoms. The third-order valence-corrected chi connectivity index (χ3v) is 5.13. The Bertz CT molecular complexity index is 883. The first-order chi connectivity index (χ1) is 15.6. The Balaban J connectivity index is 2.07. The normalized spacial score (nSPS) is 17.9. The molecule has 0 saturated carbocycles. The molecule has 0 aromatic heterocycles. The zero-order valence-corrected chi connectivity index (χ0v) is 18.0. The van der Waals surface area contributed by atoms with Gasteiger partial charge in [0.2, 0.25) is 17.7 Å². The van der Waals surface area contributed by atoms with Crippen molar-refractivity contribution in [3.05, 3.63) is 29.8 Å². The molecule has 1 aromatic carbocycles. The van der Waals surface area contributed by atoms with E-state index in [1.165, 1.54) is 19.1 Å². The van der Waals surface area contributed by atoms with E-state index >= 15 is 0 Å². The van der Waals surface area contributed by atoms with Crippen molar-refractivity contribution in [2.45, 2.75) is 56.8 Å². The standard InChI is InChI=1S/C21H28N4O8/c1-11(18(29)25-16(21(32)33)10-17(27)28)23-20(31)15(9-12-4-6-13(26)7-5-12)24-19(30)14-3-2-8-22-14/h4-7,11,14-16,22,26H,2-3,8-10H2,1H3,(H,23,31)(H,24,30)(H,25,29)(H,27,28)(H,32,33). The molecule has 3 amide bonds. The number of phenols is 1. The lowest BCUT2D eigenvalue weighted by Crippen LogP contribution is -2.57. The van der Waals surface area contributed by atoms with Crippen LogP contribution in [0.1, 0.15) is 31.7 Å². The molecule has 0 spiro atoms. The molecule has 1 aliphatic rings. The van der Waals surface area contributed by atoms with Gasteiger partial charge < -0.3 is 36.6 Å². The minimum Gasteiger partial charge on any atom is -0.508 e. The van der Waals surface area contributed by atoms with Crippen molar-refractivity contribution in [2.24, 2.45) is 0 Å². The number of carbonyl (C=O) groups is 5. The fourth-order valence-corrected chi connectivity index (χ4v) is 3.31. The van der Waals surface area contributed by atoms with Crippen LogP contribution in [0.5, 0.6) is 5.75 Å². The van der Waals surface area contributed by atoms with Gasteiger partial charge in [-0.2, -0.15) is 0 Å². The zero-order chi connectivity index (χ0) is 24.5. The summed E-state index contributed by atoms with van der Waals surface area (Å²) in [6.45, 7) is 2.00. The van der Waals surface area contributed by atoms with Crippen LogP contribution < -0.4 is 21.3 Å². The SMILES string of the molecule is CC(NC(=O)C(Cc1ccc(O)cc1)NC(=O)C1CCCN1)C(=O)NC(CC(=O)O)C(=O)O. The van der Waals surface area contributed by atoms with Crippen molar-refractivity contribution in [1.29, 1.82) is 0 Å². The summed E-state index contributed by atoms with van der Waals surface area (Å²) in [5, 5.41) is 37.5. The number of amides is 3. The van der Waals surface area contributed by atoms with Crippen LogP contribution in [0, 0.1) is 0 Å². The summed E-state index contributed by atoms with van der Waals surface area (Å²) in [5.74, 6) is -4.82. The first kappa shape index (κ1) is 25.6. The highest BCUT2D eigenvalue weighted by Gasteiger charge is 2.30. The van der Waals surface area contributed by atoms with E-state index in [-0.39, 0.29) is 18.1 Å². The van der Waals surface area contributed by atoms with Crippen LogP contribution in [0.2, 0.25) is 0 Å². The van der Waals surface area contributed by atoms with E-state index in [0.717, 1.165) is 6.42 Å². The molecule has 0 aliphatic carbocycles. The first-order valence-corrected chi connectivity index (χ1v) is 10.4. The van der Waals surface area contributed by atoms with Gasteiger partial charge in [0.15, 0.2) is 0 Å². The average Bonchev–Trinajstić information content (AvgIpc) is 3.28. The average molecular weight is 464 g/mol. The number of hydrogen-bond donors (Lipinski definition) is 7. The smallest absolute Gasteiger partial charge is 0.326 e. The van der Waals surface area contributed by atoms with Gasteiger partial charge in [0.1, 0.15) is 23.9 Å². The number of rotatable bonds is 11. The van der Waals surface area contributed by atoms with Crippen LogP contribution >= 0.6 is 0 Å². The molecule has 1 fully saturated rings. The summed E-state index contributed by atoms with van der Waals surface area (Å²) in [4.78, 5) is 59.7. The van der Waals surface area contributed by atoms with Crippen molar-refractivity contribution in [3.63, 3.8) is 0 Å². The minimum absolute atomic E-state index is 0.0404. The van der Waals surface area contributed by atoms with Crippen molar-refractivity contribution < 1.29 is 39.3 Å². The van der Waals surface area contributed by atoms with Gasteiger partial charge in [-0.25, -0.2) is 4.79 Å². The number of phenolic OH excluding ortho intramolecular Hbond substituents is 1. The summed E-state index contributed by atoms with van der Waals surface area (Å²) in [7, 11) is 0. The Morgan fingerprint density at radius 2 is 1.67 bits per heavy atom. The van der Waals surface area contributed by atoms with Crippen LogP contribution in [-0.4, -0.2) is 75.7 Å². The number of hydrogen-bond acceptors (Lipinski definition) is 7. The minimum atomic E-state index is -1.66.